The molecule has 2 atom stereocenters. The van der Waals surface area contributed by atoms with Crippen LogP contribution in [0, 0.1) is 5.92 Å². The van der Waals surface area contributed by atoms with Gasteiger partial charge in [0.05, 0.1) is 6.61 Å². The van der Waals surface area contributed by atoms with E-state index in [0.29, 0.717) is 6.04 Å². The summed E-state index contributed by atoms with van der Waals surface area (Å²) in [6, 6.07) is 9.14. The minimum Gasteiger partial charge on any atom is -0.494 e. The smallest absolute Gasteiger partial charge is 0.119 e. The highest BCUT2D eigenvalue weighted by molar-refractivity contribution is 5.28. The van der Waals surface area contributed by atoms with Gasteiger partial charge in [0.15, 0.2) is 0 Å². The van der Waals surface area contributed by atoms with E-state index in [9.17, 15) is 0 Å². The maximum atomic E-state index is 5.44. The molecule has 0 spiro atoms. The Balaban J connectivity index is 1.94. The molecule has 2 rings (SSSR count). The number of hydrogen-bond donors (Lipinski definition) is 1. The summed E-state index contributed by atoms with van der Waals surface area (Å²) in [5.74, 6) is 1.77. The average molecular weight is 219 g/mol. The molecule has 0 aliphatic carbocycles. The lowest BCUT2D eigenvalue weighted by Crippen LogP contribution is -2.27. The Kier molecular flexibility index (Phi) is 3.83. The molecule has 1 aliphatic heterocycles. The van der Waals surface area contributed by atoms with Crippen LogP contribution in [0.3, 0.4) is 0 Å². The minimum atomic E-state index is 0.651. The molecule has 0 aromatic heterocycles. The van der Waals surface area contributed by atoms with Crippen LogP contribution in [0.1, 0.15) is 25.8 Å². The molecule has 0 unspecified atom stereocenters. The molecule has 1 fully saturated rings. The third-order valence-electron chi connectivity index (χ3n) is 3.38. The van der Waals surface area contributed by atoms with Gasteiger partial charge in [0, 0.05) is 6.04 Å². The van der Waals surface area contributed by atoms with Crippen LogP contribution >= 0.6 is 0 Å². The van der Waals surface area contributed by atoms with Crippen LogP contribution in [0.15, 0.2) is 24.3 Å². The van der Waals surface area contributed by atoms with Crippen LogP contribution < -0.4 is 10.1 Å². The second kappa shape index (κ2) is 5.35. The summed E-state index contributed by atoms with van der Waals surface area (Å²) in [7, 11) is 0. The van der Waals surface area contributed by atoms with Crippen molar-refractivity contribution < 1.29 is 4.74 Å². The molecule has 1 aliphatic rings. The maximum Gasteiger partial charge on any atom is 0.119 e. The van der Waals surface area contributed by atoms with Gasteiger partial charge in [-0.05, 0) is 49.9 Å². The summed E-state index contributed by atoms with van der Waals surface area (Å²) in [4.78, 5) is 0. The molecule has 1 N–H and O–H groups in total. The van der Waals surface area contributed by atoms with Gasteiger partial charge in [0.1, 0.15) is 5.75 Å². The summed E-state index contributed by atoms with van der Waals surface area (Å²) in [5.41, 5.74) is 1.40. The lowest BCUT2D eigenvalue weighted by Gasteiger charge is -2.15. The van der Waals surface area contributed by atoms with E-state index < -0.39 is 0 Å². The largest absolute Gasteiger partial charge is 0.494 e. The molecule has 88 valence electrons. The molecule has 1 saturated heterocycles. The number of ether oxygens (including phenoxy) is 1. The highest BCUT2D eigenvalue weighted by atomic mass is 16.5. The SMILES string of the molecule is CCOc1ccc(C[C@@H]2NCC[C@@H]2C)cc1. The van der Waals surface area contributed by atoms with Gasteiger partial charge in [-0.15, -0.1) is 0 Å². The second-order valence-electron chi connectivity index (χ2n) is 4.61. The van der Waals surface area contributed by atoms with Crippen molar-refractivity contribution in [3.05, 3.63) is 29.8 Å². The van der Waals surface area contributed by atoms with E-state index in [1.54, 1.807) is 0 Å². The Labute approximate surface area is 98.0 Å². The Bertz CT molecular complexity index is 320. The highest BCUT2D eigenvalue weighted by Crippen LogP contribution is 2.20. The molecule has 0 bridgehead atoms. The Morgan fingerprint density at radius 2 is 2.06 bits per heavy atom. The van der Waals surface area contributed by atoms with Crippen molar-refractivity contribution in [2.75, 3.05) is 13.2 Å². The Morgan fingerprint density at radius 1 is 1.31 bits per heavy atom. The number of rotatable bonds is 4. The normalized spacial score (nSPS) is 24.6. The van der Waals surface area contributed by atoms with Gasteiger partial charge in [0.25, 0.3) is 0 Å². The van der Waals surface area contributed by atoms with Gasteiger partial charge in [0.2, 0.25) is 0 Å². The quantitative estimate of drug-likeness (QED) is 0.840. The number of benzene rings is 1. The molecule has 0 amide bonds. The molecule has 16 heavy (non-hydrogen) atoms. The van der Waals surface area contributed by atoms with E-state index in [1.165, 1.54) is 18.5 Å². The van der Waals surface area contributed by atoms with E-state index in [1.807, 2.05) is 6.92 Å². The van der Waals surface area contributed by atoms with Crippen molar-refractivity contribution in [2.45, 2.75) is 32.7 Å². The Hall–Kier alpha value is -1.02. The fourth-order valence-corrected chi connectivity index (χ4v) is 2.31. The van der Waals surface area contributed by atoms with Crippen LogP contribution in [0.25, 0.3) is 0 Å². The summed E-state index contributed by atoms with van der Waals surface area (Å²) in [6.07, 6.45) is 2.44. The first-order valence-corrected chi connectivity index (χ1v) is 6.24. The van der Waals surface area contributed by atoms with Crippen molar-refractivity contribution in [2.24, 2.45) is 5.92 Å². The van der Waals surface area contributed by atoms with Crippen molar-refractivity contribution >= 4 is 0 Å². The van der Waals surface area contributed by atoms with Gasteiger partial charge in [-0.1, -0.05) is 19.1 Å². The molecule has 1 aromatic rings. The molecule has 1 heterocycles. The van der Waals surface area contributed by atoms with E-state index in [-0.39, 0.29) is 0 Å². The first-order chi connectivity index (χ1) is 7.79. The molecule has 2 heteroatoms. The van der Waals surface area contributed by atoms with Crippen molar-refractivity contribution in [3.63, 3.8) is 0 Å². The monoisotopic (exact) mass is 219 g/mol. The fraction of sp³-hybridized carbons (Fsp3) is 0.571. The van der Waals surface area contributed by atoms with Gasteiger partial charge in [-0.25, -0.2) is 0 Å². The number of nitrogens with one attached hydrogen (secondary N) is 1. The predicted octanol–water partition coefficient (Wildman–Crippen LogP) is 2.63. The molecule has 1 aromatic carbocycles. The standard InChI is InChI=1S/C14H21NO/c1-3-16-13-6-4-12(5-7-13)10-14-11(2)8-9-15-14/h4-7,11,14-15H,3,8-10H2,1-2H3/t11-,14-/m0/s1. The third kappa shape index (κ3) is 2.76. The van der Waals surface area contributed by atoms with Crippen molar-refractivity contribution in [1.29, 1.82) is 0 Å². The Morgan fingerprint density at radius 3 is 2.62 bits per heavy atom. The van der Waals surface area contributed by atoms with Gasteiger partial charge >= 0.3 is 0 Å². The zero-order valence-corrected chi connectivity index (χ0v) is 10.2. The van der Waals surface area contributed by atoms with E-state index >= 15 is 0 Å². The first kappa shape index (κ1) is 11.5. The van der Waals surface area contributed by atoms with E-state index in [2.05, 4.69) is 36.5 Å². The molecule has 2 nitrogen and oxygen atoms in total. The average Bonchev–Trinajstić information content (AvgIpc) is 2.68. The van der Waals surface area contributed by atoms with Crippen molar-refractivity contribution in [3.8, 4) is 5.75 Å². The molecular weight excluding hydrogens is 198 g/mol. The molecular formula is C14H21NO. The van der Waals surface area contributed by atoms with Gasteiger partial charge < -0.3 is 10.1 Å². The number of hydrogen-bond acceptors (Lipinski definition) is 2. The van der Waals surface area contributed by atoms with Crippen LogP contribution in [0.5, 0.6) is 5.75 Å². The molecule has 0 saturated carbocycles. The summed E-state index contributed by atoms with van der Waals surface area (Å²) in [5, 5.41) is 3.56. The van der Waals surface area contributed by atoms with Gasteiger partial charge in [-0.2, -0.15) is 0 Å². The van der Waals surface area contributed by atoms with Crippen LogP contribution in [-0.2, 0) is 6.42 Å². The summed E-state index contributed by atoms with van der Waals surface area (Å²) < 4.78 is 5.44. The topological polar surface area (TPSA) is 21.3 Å². The zero-order chi connectivity index (χ0) is 11.4. The van der Waals surface area contributed by atoms with E-state index in [4.69, 9.17) is 4.74 Å². The van der Waals surface area contributed by atoms with Gasteiger partial charge in [-0.3, -0.25) is 0 Å². The minimum absolute atomic E-state index is 0.651. The van der Waals surface area contributed by atoms with Crippen LogP contribution in [0.4, 0.5) is 0 Å². The first-order valence-electron chi connectivity index (χ1n) is 6.24. The lowest BCUT2D eigenvalue weighted by molar-refractivity contribution is 0.340. The summed E-state index contributed by atoms with van der Waals surface area (Å²) >= 11 is 0. The second-order valence-corrected chi connectivity index (χ2v) is 4.61. The zero-order valence-electron chi connectivity index (χ0n) is 10.2. The van der Waals surface area contributed by atoms with Crippen LogP contribution in [0.2, 0.25) is 0 Å². The third-order valence-corrected chi connectivity index (χ3v) is 3.38. The fourth-order valence-electron chi connectivity index (χ4n) is 2.31. The van der Waals surface area contributed by atoms with E-state index in [0.717, 1.165) is 24.7 Å². The van der Waals surface area contributed by atoms with Crippen LogP contribution in [-0.4, -0.2) is 19.2 Å². The summed E-state index contributed by atoms with van der Waals surface area (Å²) in [6.45, 7) is 6.25. The highest BCUT2D eigenvalue weighted by Gasteiger charge is 2.22. The molecule has 0 radical (unpaired) electrons. The van der Waals surface area contributed by atoms with Crippen molar-refractivity contribution in [1.82, 2.24) is 5.32 Å². The lowest BCUT2D eigenvalue weighted by atomic mass is 9.96. The predicted molar refractivity (Wildman–Crippen MR) is 66.9 cm³/mol. The maximum absolute atomic E-state index is 5.44.